The molecule has 1 saturated heterocycles. The van der Waals surface area contributed by atoms with Crippen molar-refractivity contribution in [3.8, 4) is 0 Å². The number of hydrogen-bond donors (Lipinski definition) is 2. The highest BCUT2D eigenvalue weighted by Crippen LogP contribution is 2.27. The summed E-state index contributed by atoms with van der Waals surface area (Å²) in [5.41, 5.74) is 12.6. The molecular weight excluding hydrogens is 238 g/mol. The lowest BCUT2D eigenvalue weighted by molar-refractivity contribution is 0.100. The number of hydrogen-bond acceptors (Lipinski definition) is 3. The molecule has 1 aromatic carbocycles. The topological polar surface area (TPSA) is 72.4 Å². The third-order valence-electron chi connectivity index (χ3n) is 3.02. The molecule has 5 heteroatoms. The van der Waals surface area contributed by atoms with Crippen molar-refractivity contribution in [3.05, 3.63) is 28.8 Å². The lowest BCUT2D eigenvalue weighted by Gasteiger charge is -2.33. The van der Waals surface area contributed by atoms with Crippen LogP contribution in [0.25, 0.3) is 0 Å². The number of amides is 1. The molecule has 17 heavy (non-hydrogen) atoms. The summed E-state index contributed by atoms with van der Waals surface area (Å²) in [6.45, 7) is 1.62. The van der Waals surface area contributed by atoms with Crippen LogP contribution >= 0.6 is 11.6 Å². The Morgan fingerprint density at radius 1 is 1.47 bits per heavy atom. The second kappa shape index (κ2) is 4.94. The first-order valence-electron chi connectivity index (χ1n) is 5.68. The third kappa shape index (κ3) is 2.70. The number of rotatable bonds is 2. The van der Waals surface area contributed by atoms with Gasteiger partial charge >= 0.3 is 0 Å². The number of carbonyl (C=O) groups excluding carboxylic acids is 1. The van der Waals surface area contributed by atoms with E-state index in [9.17, 15) is 4.79 Å². The van der Waals surface area contributed by atoms with Gasteiger partial charge in [-0.2, -0.15) is 0 Å². The molecule has 0 saturated carbocycles. The zero-order valence-corrected chi connectivity index (χ0v) is 10.3. The number of nitrogens with zero attached hydrogens (tertiary/aromatic N) is 1. The van der Waals surface area contributed by atoms with Crippen LogP contribution in [0.3, 0.4) is 0 Å². The van der Waals surface area contributed by atoms with Crippen molar-refractivity contribution in [2.75, 3.05) is 18.0 Å². The van der Waals surface area contributed by atoms with E-state index in [1.165, 1.54) is 0 Å². The van der Waals surface area contributed by atoms with Crippen molar-refractivity contribution >= 4 is 23.2 Å². The molecule has 1 aliphatic rings. The minimum absolute atomic E-state index is 0.142. The quantitative estimate of drug-likeness (QED) is 0.836. The van der Waals surface area contributed by atoms with Crippen molar-refractivity contribution in [3.63, 3.8) is 0 Å². The molecule has 4 N–H and O–H groups in total. The van der Waals surface area contributed by atoms with E-state index in [1.807, 2.05) is 0 Å². The molecule has 0 aromatic heterocycles. The van der Waals surface area contributed by atoms with Gasteiger partial charge in [0.25, 0.3) is 5.91 Å². The van der Waals surface area contributed by atoms with Gasteiger partial charge in [-0.25, -0.2) is 0 Å². The summed E-state index contributed by atoms with van der Waals surface area (Å²) in [5, 5.41) is 0.601. The molecule has 0 spiro atoms. The molecule has 0 radical (unpaired) electrons. The van der Waals surface area contributed by atoms with Crippen molar-refractivity contribution in [1.29, 1.82) is 0 Å². The Morgan fingerprint density at radius 3 is 2.88 bits per heavy atom. The van der Waals surface area contributed by atoms with Gasteiger partial charge in [-0.05, 0) is 31.0 Å². The highest BCUT2D eigenvalue weighted by molar-refractivity contribution is 6.31. The van der Waals surface area contributed by atoms with Crippen LogP contribution in [0.5, 0.6) is 0 Å². The van der Waals surface area contributed by atoms with Gasteiger partial charge in [0.1, 0.15) is 0 Å². The molecule has 0 unspecified atom stereocenters. The van der Waals surface area contributed by atoms with Gasteiger partial charge in [0.05, 0.1) is 11.3 Å². The summed E-state index contributed by atoms with van der Waals surface area (Å²) < 4.78 is 0. The normalized spacial score (nSPS) is 20.4. The zero-order chi connectivity index (χ0) is 12.4. The number of primary amides is 1. The summed E-state index contributed by atoms with van der Waals surface area (Å²) in [7, 11) is 0. The van der Waals surface area contributed by atoms with E-state index in [1.54, 1.807) is 18.2 Å². The van der Waals surface area contributed by atoms with E-state index in [0.717, 1.165) is 31.6 Å². The summed E-state index contributed by atoms with van der Waals surface area (Å²) in [4.78, 5) is 13.5. The molecular formula is C12H16ClN3O. The zero-order valence-electron chi connectivity index (χ0n) is 9.53. The van der Waals surface area contributed by atoms with Crippen LogP contribution in [0.15, 0.2) is 18.2 Å². The van der Waals surface area contributed by atoms with E-state index in [4.69, 9.17) is 23.1 Å². The molecule has 1 heterocycles. The Balaban J connectivity index is 2.35. The molecule has 0 bridgehead atoms. The van der Waals surface area contributed by atoms with Gasteiger partial charge in [0, 0.05) is 24.2 Å². The first kappa shape index (κ1) is 12.2. The van der Waals surface area contributed by atoms with E-state index in [0.29, 0.717) is 10.6 Å². The van der Waals surface area contributed by atoms with E-state index < -0.39 is 5.91 Å². The third-order valence-corrected chi connectivity index (χ3v) is 3.26. The van der Waals surface area contributed by atoms with Crippen molar-refractivity contribution in [2.45, 2.75) is 18.9 Å². The number of carbonyl (C=O) groups is 1. The van der Waals surface area contributed by atoms with Crippen LogP contribution in [0.2, 0.25) is 5.02 Å². The van der Waals surface area contributed by atoms with E-state index >= 15 is 0 Å². The van der Waals surface area contributed by atoms with E-state index in [2.05, 4.69) is 4.90 Å². The summed E-state index contributed by atoms with van der Waals surface area (Å²) in [5.74, 6) is -0.434. The molecule has 1 aromatic rings. The van der Waals surface area contributed by atoms with Crippen molar-refractivity contribution in [2.24, 2.45) is 11.5 Å². The maximum Gasteiger partial charge on any atom is 0.250 e. The van der Waals surface area contributed by atoms with Crippen molar-refractivity contribution in [1.82, 2.24) is 0 Å². The first-order valence-corrected chi connectivity index (χ1v) is 6.05. The Morgan fingerprint density at radius 2 is 2.24 bits per heavy atom. The Labute approximate surface area is 106 Å². The van der Waals surface area contributed by atoms with Crippen LogP contribution in [-0.4, -0.2) is 25.0 Å². The second-order valence-corrected chi connectivity index (χ2v) is 4.81. The highest BCUT2D eigenvalue weighted by Gasteiger charge is 2.21. The fourth-order valence-electron chi connectivity index (χ4n) is 2.20. The van der Waals surface area contributed by atoms with Crippen LogP contribution in [-0.2, 0) is 0 Å². The largest absolute Gasteiger partial charge is 0.369 e. The minimum atomic E-state index is -0.434. The summed E-state index contributed by atoms with van der Waals surface area (Å²) in [6, 6.07) is 5.26. The number of benzene rings is 1. The predicted octanol–water partition coefficient (Wildman–Crippen LogP) is 1.37. The standard InChI is InChI=1S/C12H16ClN3O/c13-8-3-4-10(12(15)17)11(6-8)16-5-1-2-9(14)7-16/h3-4,6,9H,1-2,5,7,14H2,(H2,15,17)/t9-/m1/s1. The Bertz CT molecular complexity index is 436. The fraction of sp³-hybridized carbons (Fsp3) is 0.417. The maximum atomic E-state index is 11.4. The second-order valence-electron chi connectivity index (χ2n) is 4.37. The SMILES string of the molecule is NC(=O)c1ccc(Cl)cc1N1CCC[C@@H](N)C1. The highest BCUT2D eigenvalue weighted by atomic mass is 35.5. The molecule has 1 aliphatic heterocycles. The van der Waals surface area contributed by atoms with Gasteiger partial charge < -0.3 is 16.4 Å². The Kier molecular flexibility index (Phi) is 3.54. The molecule has 2 rings (SSSR count). The van der Waals surface area contributed by atoms with Crippen LogP contribution in [0, 0.1) is 0 Å². The minimum Gasteiger partial charge on any atom is -0.369 e. The van der Waals surface area contributed by atoms with Crippen LogP contribution in [0.4, 0.5) is 5.69 Å². The number of anilines is 1. The molecule has 1 fully saturated rings. The molecule has 4 nitrogen and oxygen atoms in total. The van der Waals surface area contributed by atoms with Crippen molar-refractivity contribution < 1.29 is 4.79 Å². The van der Waals surface area contributed by atoms with Gasteiger partial charge in [0.2, 0.25) is 0 Å². The number of nitrogens with two attached hydrogens (primary N) is 2. The summed E-state index contributed by atoms with van der Waals surface area (Å²) in [6.07, 6.45) is 2.04. The van der Waals surface area contributed by atoms with Gasteiger partial charge in [-0.1, -0.05) is 11.6 Å². The molecule has 0 aliphatic carbocycles. The average molecular weight is 254 g/mol. The average Bonchev–Trinajstić information content (AvgIpc) is 2.28. The Hall–Kier alpha value is -1.26. The number of halogens is 1. The lowest BCUT2D eigenvalue weighted by Crippen LogP contribution is -2.43. The monoisotopic (exact) mass is 253 g/mol. The first-order chi connectivity index (χ1) is 8.08. The maximum absolute atomic E-state index is 11.4. The van der Waals surface area contributed by atoms with Gasteiger partial charge in [-0.15, -0.1) is 0 Å². The molecule has 92 valence electrons. The van der Waals surface area contributed by atoms with Crippen LogP contribution in [0.1, 0.15) is 23.2 Å². The summed E-state index contributed by atoms with van der Waals surface area (Å²) >= 11 is 5.97. The van der Waals surface area contributed by atoms with Crippen LogP contribution < -0.4 is 16.4 Å². The predicted molar refractivity (Wildman–Crippen MR) is 69.4 cm³/mol. The smallest absolute Gasteiger partial charge is 0.250 e. The molecule has 1 atom stereocenters. The number of piperidine rings is 1. The van der Waals surface area contributed by atoms with Gasteiger partial charge in [-0.3, -0.25) is 4.79 Å². The lowest BCUT2D eigenvalue weighted by atomic mass is 10.0. The fourth-order valence-corrected chi connectivity index (χ4v) is 2.37. The van der Waals surface area contributed by atoms with E-state index in [-0.39, 0.29) is 6.04 Å². The van der Waals surface area contributed by atoms with Gasteiger partial charge in [0.15, 0.2) is 0 Å². The molecule has 1 amide bonds.